The van der Waals surface area contributed by atoms with Gasteiger partial charge in [0.1, 0.15) is 0 Å². The van der Waals surface area contributed by atoms with Crippen molar-refractivity contribution in [3.63, 3.8) is 0 Å². The molecule has 0 aromatic carbocycles. The third kappa shape index (κ3) is 2.77. The normalized spacial score (nSPS) is 17.3. The van der Waals surface area contributed by atoms with E-state index in [-0.39, 0.29) is 0 Å². The summed E-state index contributed by atoms with van der Waals surface area (Å²) in [7, 11) is 0. The number of halogens is 1. The predicted octanol–water partition coefficient (Wildman–Crippen LogP) is 1.82. The fourth-order valence-corrected chi connectivity index (χ4v) is 2.79. The lowest BCUT2D eigenvalue weighted by atomic mass is 10.0. The maximum atomic E-state index is 3.47. The van der Waals surface area contributed by atoms with Crippen LogP contribution in [0.2, 0.25) is 0 Å². The lowest BCUT2D eigenvalue weighted by molar-refractivity contribution is 0.331. The zero-order chi connectivity index (χ0) is 9.10. The molecule has 2 nitrogen and oxygen atoms in total. The van der Waals surface area contributed by atoms with E-state index in [9.17, 15) is 0 Å². The minimum absolute atomic E-state index is 0.850. The molecule has 1 aliphatic heterocycles. The minimum atomic E-state index is 0.850. The Morgan fingerprint density at radius 1 is 1.54 bits per heavy atom. The van der Waals surface area contributed by atoms with E-state index in [1.807, 2.05) is 0 Å². The van der Waals surface area contributed by atoms with Crippen molar-refractivity contribution in [2.75, 3.05) is 19.6 Å². The van der Waals surface area contributed by atoms with Gasteiger partial charge in [0.25, 0.3) is 0 Å². The van der Waals surface area contributed by atoms with Crippen LogP contribution in [-0.4, -0.2) is 19.6 Å². The topological polar surface area (TPSA) is 24.1 Å². The van der Waals surface area contributed by atoms with E-state index in [4.69, 9.17) is 0 Å². The maximum Gasteiger partial charge on any atom is 0.0701 e. The van der Waals surface area contributed by atoms with Crippen molar-refractivity contribution in [2.45, 2.75) is 6.54 Å². The van der Waals surface area contributed by atoms with E-state index in [0.717, 1.165) is 19.0 Å². The number of thiophene rings is 1. The molecule has 2 rings (SSSR count). The van der Waals surface area contributed by atoms with Crippen molar-refractivity contribution < 1.29 is 0 Å². The second-order valence-electron chi connectivity index (χ2n) is 3.36. The van der Waals surface area contributed by atoms with Gasteiger partial charge >= 0.3 is 0 Å². The van der Waals surface area contributed by atoms with Gasteiger partial charge in [-0.15, -0.1) is 11.3 Å². The molecule has 0 atom stereocenters. The lowest BCUT2D eigenvalue weighted by Crippen LogP contribution is -2.46. The zero-order valence-corrected chi connectivity index (χ0v) is 9.75. The molecule has 0 bridgehead atoms. The highest BCUT2D eigenvalue weighted by Crippen LogP contribution is 2.21. The first-order valence-electron chi connectivity index (χ1n) is 4.50. The second-order valence-corrected chi connectivity index (χ2v) is 5.91. The van der Waals surface area contributed by atoms with Gasteiger partial charge in [-0.05, 0) is 34.0 Å². The highest BCUT2D eigenvalue weighted by atomic mass is 79.9. The Morgan fingerprint density at radius 2 is 2.38 bits per heavy atom. The summed E-state index contributed by atoms with van der Waals surface area (Å²) >= 11 is 5.26. The van der Waals surface area contributed by atoms with Crippen molar-refractivity contribution >= 4 is 27.3 Å². The summed E-state index contributed by atoms with van der Waals surface area (Å²) in [5, 5.41) is 6.74. The van der Waals surface area contributed by atoms with Crippen LogP contribution in [0.3, 0.4) is 0 Å². The van der Waals surface area contributed by atoms with Crippen molar-refractivity contribution in [1.29, 1.82) is 0 Å². The van der Waals surface area contributed by atoms with E-state index in [0.29, 0.717) is 0 Å². The summed E-state index contributed by atoms with van der Waals surface area (Å²) in [6, 6.07) is 4.27. The molecule has 0 radical (unpaired) electrons. The van der Waals surface area contributed by atoms with Gasteiger partial charge < -0.3 is 10.6 Å². The Labute approximate surface area is 90.9 Å². The Kier molecular flexibility index (Phi) is 3.38. The van der Waals surface area contributed by atoms with Crippen molar-refractivity contribution in [3.8, 4) is 0 Å². The quantitative estimate of drug-likeness (QED) is 0.864. The molecule has 72 valence electrons. The van der Waals surface area contributed by atoms with Gasteiger partial charge in [-0.3, -0.25) is 0 Å². The van der Waals surface area contributed by atoms with Crippen LogP contribution < -0.4 is 10.6 Å². The Morgan fingerprint density at radius 3 is 2.92 bits per heavy atom. The molecule has 0 saturated carbocycles. The summed E-state index contributed by atoms with van der Waals surface area (Å²) < 4.78 is 1.22. The zero-order valence-electron chi connectivity index (χ0n) is 7.35. The van der Waals surface area contributed by atoms with Gasteiger partial charge in [-0.1, -0.05) is 0 Å². The van der Waals surface area contributed by atoms with Gasteiger partial charge in [-0.25, -0.2) is 0 Å². The summed E-state index contributed by atoms with van der Waals surface area (Å²) in [6.45, 7) is 4.51. The second kappa shape index (κ2) is 4.55. The highest BCUT2D eigenvalue weighted by molar-refractivity contribution is 9.11. The van der Waals surface area contributed by atoms with Crippen LogP contribution in [0.15, 0.2) is 15.9 Å². The summed E-state index contributed by atoms with van der Waals surface area (Å²) in [4.78, 5) is 1.40. The smallest absolute Gasteiger partial charge is 0.0701 e. The van der Waals surface area contributed by atoms with Crippen molar-refractivity contribution in [1.82, 2.24) is 10.6 Å². The first-order chi connectivity index (χ1) is 6.34. The van der Waals surface area contributed by atoms with Crippen LogP contribution in [0.4, 0.5) is 0 Å². The Balaban J connectivity index is 1.67. The molecule has 1 saturated heterocycles. The first kappa shape index (κ1) is 9.65. The molecule has 13 heavy (non-hydrogen) atoms. The van der Waals surface area contributed by atoms with Crippen LogP contribution >= 0.6 is 27.3 Å². The van der Waals surface area contributed by atoms with E-state index in [2.05, 4.69) is 38.7 Å². The molecular formula is C9H13BrN2S. The molecule has 2 heterocycles. The summed E-state index contributed by atoms with van der Waals surface area (Å²) in [5.41, 5.74) is 0. The Bertz CT molecular complexity index is 270. The molecule has 0 unspecified atom stereocenters. The SMILES string of the molecule is Brc1ccc(CNCC2CNC2)s1. The molecule has 1 fully saturated rings. The molecule has 0 spiro atoms. The summed E-state index contributed by atoms with van der Waals surface area (Å²) in [6.07, 6.45) is 0. The van der Waals surface area contributed by atoms with Crippen LogP contribution in [0, 0.1) is 5.92 Å². The van der Waals surface area contributed by atoms with Crippen LogP contribution in [0.25, 0.3) is 0 Å². The van der Waals surface area contributed by atoms with E-state index < -0.39 is 0 Å². The molecule has 0 amide bonds. The van der Waals surface area contributed by atoms with Crippen molar-refractivity contribution in [2.24, 2.45) is 5.92 Å². The number of hydrogen-bond acceptors (Lipinski definition) is 3. The molecule has 2 N–H and O–H groups in total. The minimum Gasteiger partial charge on any atom is -0.316 e. The van der Waals surface area contributed by atoms with Gasteiger partial charge in [0.2, 0.25) is 0 Å². The van der Waals surface area contributed by atoms with Gasteiger partial charge in [0, 0.05) is 31.1 Å². The molecule has 1 aliphatic rings. The summed E-state index contributed by atoms with van der Waals surface area (Å²) in [5.74, 6) is 0.850. The largest absolute Gasteiger partial charge is 0.316 e. The van der Waals surface area contributed by atoms with Gasteiger partial charge in [0.05, 0.1) is 3.79 Å². The van der Waals surface area contributed by atoms with E-state index in [1.54, 1.807) is 11.3 Å². The molecule has 1 aromatic rings. The average Bonchev–Trinajstić information content (AvgIpc) is 2.42. The van der Waals surface area contributed by atoms with E-state index >= 15 is 0 Å². The predicted molar refractivity (Wildman–Crippen MR) is 60.1 cm³/mol. The number of hydrogen-bond donors (Lipinski definition) is 2. The van der Waals surface area contributed by atoms with Gasteiger partial charge in [0.15, 0.2) is 0 Å². The van der Waals surface area contributed by atoms with Gasteiger partial charge in [-0.2, -0.15) is 0 Å². The fourth-order valence-electron chi connectivity index (χ4n) is 1.34. The Hall–Kier alpha value is 0.1000. The maximum absolute atomic E-state index is 3.47. The van der Waals surface area contributed by atoms with Crippen LogP contribution in [-0.2, 0) is 6.54 Å². The van der Waals surface area contributed by atoms with Crippen LogP contribution in [0.5, 0.6) is 0 Å². The fraction of sp³-hybridized carbons (Fsp3) is 0.556. The lowest BCUT2D eigenvalue weighted by Gasteiger charge is -2.27. The number of nitrogens with one attached hydrogen (secondary N) is 2. The first-order valence-corrected chi connectivity index (χ1v) is 6.11. The molecule has 0 aliphatic carbocycles. The van der Waals surface area contributed by atoms with E-state index in [1.165, 1.54) is 21.8 Å². The monoisotopic (exact) mass is 260 g/mol. The molecular weight excluding hydrogens is 248 g/mol. The average molecular weight is 261 g/mol. The van der Waals surface area contributed by atoms with Crippen LogP contribution in [0.1, 0.15) is 4.88 Å². The number of rotatable bonds is 4. The third-order valence-corrected chi connectivity index (χ3v) is 3.85. The molecule has 4 heteroatoms. The standard InChI is InChI=1S/C9H13BrN2S/c10-9-2-1-8(13-9)6-12-5-7-3-11-4-7/h1-2,7,11-12H,3-6H2. The molecule has 1 aromatic heterocycles. The highest BCUT2D eigenvalue weighted by Gasteiger charge is 2.15. The third-order valence-electron chi connectivity index (χ3n) is 2.23. The van der Waals surface area contributed by atoms with Crippen molar-refractivity contribution in [3.05, 3.63) is 20.8 Å².